The fourth-order valence-corrected chi connectivity index (χ4v) is 8.70. The highest BCUT2D eigenvalue weighted by molar-refractivity contribution is 6.19. The first-order chi connectivity index (χ1) is 29.3. The lowest BCUT2D eigenvalue weighted by molar-refractivity contribution is 1.28. The van der Waals surface area contributed by atoms with Crippen LogP contribution in [-0.4, -0.2) is 0 Å². The molecule has 0 N–H and O–H groups in total. The van der Waals surface area contributed by atoms with Crippen molar-refractivity contribution >= 4 is 27.8 Å². The Morgan fingerprint density at radius 1 is 0.220 bits per heavy atom. The maximum Gasteiger partial charge on any atom is 0.0540 e. The number of nitrogens with zero attached hydrogens (tertiary/aromatic N) is 1. The van der Waals surface area contributed by atoms with Crippen molar-refractivity contribution in [2.75, 3.05) is 4.90 Å². The zero-order valence-electron chi connectivity index (χ0n) is 32.6. The molecule has 0 aliphatic carbocycles. The summed E-state index contributed by atoms with van der Waals surface area (Å²) in [7, 11) is 0. The molecule has 10 aromatic rings. The minimum absolute atomic E-state index is 1.11. The van der Waals surface area contributed by atoms with Gasteiger partial charge in [0.2, 0.25) is 0 Å². The summed E-state index contributed by atoms with van der Waals surface area (Å²) in [5.74, 6) is 0. The molecule has 0 spiro atoms. The molecule has 0 saturated carbocycles. The van der Waals surface area contributed by atoms with Crippen molar-refractivity contribution in [3.63, 3.8) is 0 Å². The first-order valence-electron chi connectivity index (χ1n) is 20.3. The van der Waals surface area contributed by atoms with Crippen LogP contribution < -0.4 is 4.90 Å². The van der Waals surface area contributed by atoms with Gasteiger partial charge in [-0.2, -0.15) is 0 Å². The molecule has 0 atom stereocenters. The molecule has 1 nitrogen and oxygen atoms in total. The standard InChI is InChI=1S/C58H41N/c1-7-23-42(24-8-1)55-52-40-39-46(41-53(52)56(43-25-9-2-10-26-43)58(45-29-13-4-14-30-45)57(55)44-27-11-3-12-28-44)49-35-19-20-36-50(49)51-37-21-22-38-54(51)59(47-31-15-5-16-32-47)48-33-17-6-18-34-48/h1-41H. The Balaban J connectivity index is 1.28. The zero-order chi connectivity index (χ0) is 39.4. The summed E-state index contributed by atoms with van der Waals surface area (Å²) < 4.78 is 0. The Kier molecular flexibility index (Phi) is 9.68. The van der Waals surface area contributed by atoms with Crippen LogP contribution >= 0.6 is 0 Å². The quantitative estimate of drug-likeness (QED) is 0.142. The maximum atomic E-state index is 2.44. The summed E-state index contributed by atoms with van der Waals surface area (Å²) in [6.07, 6.45) is 0. The van der Waals surface area contributed by atoms with Crippen LogP contribution in [0.3, 0.4) is 0 Å². The molecule has 10 aromatic carbocycles. The second-order valence-corrected chi connectivity index (χ2v) is 14.8. The van der Waals surface area contributed by atoms with Crippen LogP contribution in [-0.2, 0) is 0 Å². The molecule has 0 aliphatic heterocycles. The summed E-state index contributed by atoms with van der Waals surface area (Å²) >= 11 is 0. The van der Waals surface area contributed by atoms with E-state index in [1.165, 1.54) is 66.4 Å². The monoisotopic (exact) mass is 751 g/mol. The second-order valence-electron chi connectivity index (χ2n) is 14.8. The van der Waals surface area contributed by atoms with Gasteiger partial charge in [0.1, 0.15) is 0 Å². The fourth-order valence-electron chi connectivity index (χ4n) is 8.70. The molecule has 0 fully saturated rings. The molecule has 0 aliphatic rings. The van der Waals surface area contributed by atoms with Gasteiger partial charge < -0.3 is 4.90 Å². The second kappa shape index (κ2) is 16.0. The summed E-state index contributed by atoms with van der Waals surface area (Å²) in [5.41, 5.74) is 17.7. The Labute approximate surface area is 346 Å². The topological polar surface area (TPSA) is 3.24 Å². The molecule has 0 saturated heterocycles. The van der Waals surface area contributed by atoms with E-state index in [0.29, 0.717) is 0 Å². The largest absolute Gasteiger partial charge is 0.310 e. The number of hydrogen-bond acceptors (Lipinski definition) is 1. The van der Waals surface area contributed by atoms with Crippen LogP contribution in [0.2, 0.25) is 0 Å². The fraction of sp³-hybridized carbons (Fsp3) is 0. The molecule has 0 bridgehead atoms. The average molecular weight is 752 g/mol. The summed E-state index contributed by atoms with van der Waals surface area (Å²) in [6.45, 7) is 0. The van der Waals surface area contributed by atoms with Crippen molar-refractivity contribution in [2.24, 2.45) is 0 Å². The van der Waals surface area contributed by atoms with Crippen molar-refractivity contribution in [1.82, 2.24) is 0 Å². The molecule has 10 rings (SSSR count). The molecule has 0 radical (unpaired) electrons. The van der Waals surface area contributed by atoms with Gasteiger partial charge in [0.15, 0.2) is 0 Å². The van der Waals surface area contributed by atoms with Crippen LogP contribution in [0.15, 0.2) is 249 Å². The molecule has 0 heterocycles. The van der Waals surface area contributed by atoms with E-state index in [1.54, 1.807) is 0 Å². The van der Waals surface area contributed by atoms with E-state index in [0.717, 1.165) is 28.2 Å². The van der Waals surface area contributed by atoms with Gasteiger partial charge in [-0.05, 0) is 108 Å². The first kappa shape index (κ1) is 35.7. The lowest BCUT2D eigenvalue weighted by Gasteiger charge is -2.28. The number of fused-ring (bicyclic) bond motifs is 1. The number of rotatable bonds is 9. The number of anilines is 3. The van der Waals surface area contributed by atoms with Crippen LogP contribution in [0, 0.1) is 0 Å². The Bertz CT molecular complexity index is 2960. The first-order valence-corrected chi connectivity index (χ1v) is 20.3. The predicted octanol–water partition coefficient (Wildman–Crippen LogP) is 16.3. The van der Waals surface area contributed by atoms with E-state index in [1.807, 2.05) is 0 Å². The van der Waals surface area contributed by atoms with E-state index >= 15 is 0 Å². The van der Waals surface area contributed by atoms with Crippen molar-refractivity contribution in [2.45, 2.75) is 0 Å². The van der Waals surface area contributed by atoms with Crippen molar-refractivity contribution in [1.29, 1.82) is 0 Å². The highest BCUT2D eigenvalue weighted by Gasteiger charge is 2.25. The smallest absolute Gasteiger partial charge is 0.0540 e. The number of benzene rings is 10. The van der Waals surface area contributed by atoms with Gasteiger partial charge >= 0.3 is 0 Å². The molecular formula is C58H41N. The molecule has 0 aromatic heterocycles. The van der Waals surface area contributed by atoms with Crippen molar-refractivity contribution < 1.29 is 0 Å². The van der Waals surface area contributed by atoms with E-state index < -0.39 is 0 Å². The molecular weight excluding hydrogens is 711 g/mol. The van der Waals surface area contributed by atoms with Gasteiger partial charge in [-0.15, -0.1) is 0 Å². The SMILES string of the molecule is c1ccc(-c2c(-c3ccccc3)c(-c3ccccc3)c3cc(-c4ccccc4-c4ccccc4N(c4ccccc4)c4ccccc4)ccc3c2-c2ccccc2)cc1. The molecule has 0 amide bonds. The third-order valence-electron chi connectivity index (χ3n) is 11.3. The Morgan fingerprint density at radius 3 is 1.05 bits per heavy atom. The number of para-hydroxylation sites is 3. The molecule has 59 heavy (non-hydrogen) atoms. The summed E-state index contributed by atoms with van der Waals surface area (Å²) in [6, 6.07) is 89.8. The normalized spacial score (nSPS) is 11.1. The van der Waals surface area contributed by atoms with Crippen LogP contribution in [0.25, 0.3) is 77.5 Å². The van der Waals surface area contributed by atoms with E-state index in [2.05, 4.69) is 254 Å². The molecule has 0 unspecified atom stereocenters. The van der Waals surface area contributed by atoms with Crippen LogP contribution in [0.4, 0.5) is 17.1 Å². The van der Waals surface area contributed by atoms with E-state index in [9.17, 15) is 0 Å². The highest BCUT2D eigenvalue weighted by Crippen LogP contribution is 2.52. The number of hydrogen-bond donors (Lipinski definition) is 0. The van der Waals surface area contributed by atoms with Gasteiger partial charge in [-0.3, -0.25) is 0 Å². The summed E-state index contributed by atoms with van der Waals surface area (Å²) in [5, 5.41) is 2.43. The molecule has 278 valence electrons. The maximum absolute atomic E-state index is 2.44. The summed E-state index contributed by atoms with van der Waals surface area (Å²) in [4.78, 5) is 2.36. The predicted molar refractivity (Wildman–Crippen MR) is 251 cm³/mol. The Morgan fingerprint density at radius 2 is 0.576 bits per heavy atom. The zero-order valence-corrected chi connectivity index (χ0v) is 32.6. The minimum atomic E-state index is 1.11. The van der Waals surface area contributed by atoms with Crippen molar-refractivity contribution in [3.05, 3.63) is 249 Å². The van der Waals surface area contributed by atoms with E-state index in [-0.39, 0.29) is 0 Å². The third-order valence-corrected chi connectivity index (χ3v) is 11.3. The van der Waals surface area contributed by atoms with Crippen LogP contribution in [0.1, 0.15) is 0 Å². The van der Waals surface area contributed by atoms with E-state index in [4.69, 9.17) is 0 Å². The van der Waals surface area contributed by atoms with Gasteiger partial charge in [0, 0.05) is 16.9 Å². The Hall–Kier alpha value is -7.74. The minimum Gasteiger partial charge on any atom is -0.310 e. The van der Waals surface area contributed by atoms with Crippen LogP contribution in [0.5, 0.6) is 0 Å². The highest BCUT2D eigenvalue weighted by atomic mass is 15.1. The van der Waals surface area contributed by atoms with Gasteiger partial charge in [-0.1, -0.05) is 212 Å². The third kappa shape index (κ3) is 6.79. The lowest BCUT2D eigenvalue weighted by Crippen LogP contribution is -2.11. The average Bonchev–Trinajstić information content (AvgIpc) is 3.32. The van der Waals surface area contributed by atoms with Crippen molar-refractivity contribution in [3.8, 4) is 66.8 Å². The van der Waals surface area contributed by atoms with Gasteiger partial charge in [0.25, 0.3) is 0 Å². The molecule has 1 heteroatoms. The van der Waals surface area contributed by atoms with Gasteiger partial charge in [-0.25, -0.2) is 0 Å². The van der Waals surface area contributed by atoms with Gasteiger partial charge in [0.05, 0.1) is 5.69 Å². The lowest BCUT2D eigenvalue weighted by atomic mass is 9.78.